The topological polar surface area (TPSA) is 49.4 Å². The lowest BCUT2D eigenvalue weighted by molar-refractivity contribution is -0.131. The molecule has 0 spiro atoms. The second-order valence-corrected chi connectivity index (χ2v) is 6.32. The van der Waals surface area contributed by atoms with Crippen molar-refractivity contribution in [2.75, 3.05) is 13.1 Å². The van der Waals surface area contributed by atoms with Crippen LogP contribution >= 0.6 is 0 Å². The average molecular weight is 286 g/mol. The molecule has 112 valence electrons. The van der Waals surface area contributed by atoms with Crippen LogP contribution in [0.5, 0.6) is 0 Å². The number of nitrogens with zero attached hydrogens (tertiary/aromatic N) is 1. The SMILES string of the molecule is Cc1ccc(C(=O)NC2CCN(C(=O)C3CC3)C2)cc1C. The van der Waals surface area contributed by atoms with Crippen molar-refractivity contribution in [3.05, 3.63) is 34.9 Å². The fraction of sp³-hybridized carbons (Fsp3) is 0.529. The first-order chi connectivity index (χ1) is 10.0. The molecule has 0 bridgehead atoms. The smallest absolute Gasteiger partial charge is 0.251 e. The van der Waals surface area contributed by atoms with Crippen molar-refractivity contribution in [1.82, 2.24) is 10.2 Å². The standard InChI is InChI=1S/C17H22N2O2/c1-11-3-4-14(9-12(11)2)16(20)18-15-7-8-19(10-15)17(21)13-5-6-13/h3-4,9,13,15H,5-8,10H2,1-2H3,(H,18,20). The molecule has 3 rings (SSSR count). The molecule has 1 heterocycles. The van der Waals surface area contributed by atoms with E-state index in [0.29, 0.717) is 12.1 Å². The Kier molecular flexibility index (Phi) is 3.70. The third-order valence-corrected chi connectivity index (χ3v) is 4.53. The lowest BCUT2D eigenvalue weighted by atomic mass is 10.1. The van der Waals surface area contributed by atoms with Gasteiger partial charge in [0.05, 0.1) is 0 Å². The average Bonchev–Trinajstić information content (AvgIpc) is 3.21. The molecule has 4 nitrogen and oxygen atoms in total. The number of carbonyl (C=O) groups excluding carboxylic acids is 2. The summed E-state index contributed by atoms with van der Waals surface area (Å²) in [7, 11) is 0. The highest BCUT2D eigenvalue weighted by Gasteiger charge is 2.36. The van der Waals surface area contributed by atoms with E-state index in [-0.39, 0.29) is 23.8 Å². The summed E-state index contributed by atoms with van der Waals surface area (Å²) in [6, 6.07) is 5.84. The van der Waals surface area contributed by atoms with Gasteiger partial charge in [0.15, 0.2) is 0 Å². The number of amides is 2. The van der Waals surface area contributed by atoms with Crippen LogP contribution in [0.15, 0.2) is 18.2 Å². The van der Waals surface area contributed by atoms with Gasteiger partial charge >= 0.3 is 0 Å². The third-order valence-electron chi connectivity index (χ3n) is 4.53. The first-order valence-electron chi connectivity index (χ1n) is 7.71. The Morgan fingerprint density at radius 2 is 1.90 bits per heavy atom. The summed E-state index contributed by atoms with van der Waals surface area (Å²) < 4.78 is 0. The van der Waals surface area contributed by atoms with Crippen molar-refractivity contribution in [1.29, 1.82) is 0 Å². The largest absolute Gasteiger partial charge is 0.347 e. The summed E-state index contributed by atoms with van der Waals surface area (Å²) in [6.45, 7) is 5.48. The van der Waals surface area contributed by atoms with Gasteiger partial charge in [-0.3, -0.25) is 9.59 Å². The maximum Gasteiger partial charge on any atom is 0.251 e. The van der Waals surface area contributed by atoms with Crippen molar-refractivity contribution in [3.63, 3.8) is 0 Å². The zero-order valence-corrected chi connectivity index (χ0v) is 12.7. The van der Waals surface area contributed by atoms with E-state index in [1.54, 1.807) is 0 Å². The first-order valence-corrected chi connectivity index (χ1v) is 7.71. The number of nitrogens with one attached hydrogen (secondary N) is 1. The van der Waals surface area contributed by atoms with Gasteiger partial charge in [0.1, 0.15) is 0 Å². The summed E-state index contributed by atoms with van der Waals surface area (Å²) in [5.41, 5.74) is 3.01. The molecule has 1 saturated carbocycles. The predicted octanol–water partition coefficient (Wildman–Crippen LogP) is 2.04. The van der Waals surface area contributed by atoms with Gasteiger partial charge in [-0.2, -0.15) is 0 Å². The summed E-state index contributed by atoms with van der Waals surface area (Å²) >= 11 is 0. The lowest BCUT2D eigenvalue weighted by Crippen LogP contribution is -2.38. The van der Waals surface area contributed by atoms with Gasteiger partial charge in [0, 0.05) is 30.6 Å². The summed E-state index contributed by atoms with van der Waals surface area (Å²) in [4.78, 5) is 26.2. The van der Waals surface area contributed by atoms with E-state index >= 15 is 0 Å². The highest BCUT2D eigenvalue weighted by Crippen LogP contribution is 2.32. The minimum absolute atomic E-state index is 0.0381. The van der Waals surface area contributed by atoms with E-state index in [1.165, 1.54) is 5.56 Å². The number of carbonyl (C=O) groups is 2. The van der Waals surface area contributed by atoms with Crippen LogP contribution < -0.4 is 5.32 Å². The summed E-state index contributed by atoms with van der Waals surface area (Å²) in [5, 5.41) is 3.05. The number of aryl methyl sites for hydroxylation is 2. The van der Waals surface area contributed by atoms with E-state index in [2.05, 4.69) is 5.32 Å². The normalized spacial score (nSPS) is 21.4. The Morgan fingerprint density at radius 1 is 1.14 bits per heavy atom. The van der Waals surface area contributed by atoms with E-state index in [1.807, 2.05) is 36.9 Å². The van der Waals surface area contributed by atoms with Crippen molar-refractivity contribution >= 4 is 11.8 Å². The molecule has 1 N–H and O–H groups in total. The van der Waals surface area contributed by atoms with Crippen molar-refractivity contribution in [2.24, 2.45) is 5.92 Å². The molecule has 4 heteroatoms. The molecule has 2 amide bonds. The van der Waals surface area contributed by atoms with E-state index in [9.17, 15) is 9.59 Å². The molecular formula is C17H22N2O2. The minimum Gasteiger partial charge on any atom is -0.347 e. The van der Waals surface area contributed by atoms with Gasteiger partial charge in [0.25, 0.3) is 5.91 Å². The van der Waals surface area contributed by atoms with Gasteiger partial charge in [-0.25, -0.2) is 0 Å². The zero-order valence-electron chi connectivity index (χ0n) is 12.7. The van der Waals surface area contributed by atoms with Gasteiger partial charge in [0.2, 0.25) is 5.91 Å². The molecule has 1 aliphatic carbocycles. The molecule has 1 aromatic carbocycles. The molecule has 1 atom stereocenters. The molecule has 1 aliphatic heterocycles. The second kappa shape index (κ2) is 5.51. The van der Waals surface area contributed by atoms with Crippen molar-refractivity contribution in [2.45, 2.75) is 39.2 Å². The van der Waals surface area contributed by atoms with Crippen LogP contribution in [0.2, 0.25) is 0 Å². The van der Waals surface area contributed by atoms with Gasteiger partial charge in [-0.1, -0.05) is 6.07 Å². The maximum absolute atomic E-state index is 12.3. The summed E-state index contributed by atoms with van der Waals surface area (Å²) in [5.74, 6) is 0.501. The number of rotatable bonds is 3. The fourth-order valence-electron chi connectivity index (χ4n) is 2.82. The van der Waals surface area contributed by atoms with Crippen LogP contribution in [-0.4, -0.2) is 35.8 Å². The van der Waals surface area contributed by atoms with Crippen LogP contribution in [0.25, 0.3) is 0 Å². The Bertz CT molecular complexity index is 578. The number of benzene rings is 1. The molecule has 0 radical (unpaired) electrons. The molecule has 2 fully saturated rings. The van der Waals surface area contributed by atoms with Crippen LogP contribution in [0, 0.1) is 19.8 Å². The fourth-order valence-corrected chi connectivity index (χ4v) is 2.82. The monoisotopic (exact) mass is 286 g/mol. The van der Waals surface area contributed by atoms with Crippen LogP contribution in [0.3, 0.4) is 0 Å². The Labute approximate surface area is 125 Å². The lowest BCUT2D eigenvalue weighted by Gasteiger charge is -2.17. The molecule has 2 aliphatic rings. The molecule has 1 unspecified atom stereocenters. The van der Waals surface area contributed by atoms with Crippen LogP contribution in [0.1, 0.15) is 40.7 Å². The summed E-state index contributed by atoms with van der Waals surface area (Å²) in [6.07, 6.45) is 2.93. The van der Waals surface area contributed by atoms with Crippen LogP contribution in [0.4, 0.5) is 0 Å². The maximum atomic E-state index is 12.3. The molecular weight excluding hydrogens is 264 g/mol. The number of hydrogen-bond acceptors (Lipinski definition) is 2. The Hall–Kier alpha value is -1.84. The van der Waals surface area contributed by atoms with Crippen LogP contribution in [-0.2, 0) is 4.79 Å². The highest BCUT2D eigenvalue weighted by atomic mass is 16.2. The Morgan fingerprint density at radius 3 is 2.57 bits per heavy atom. The van der Waals surface area contributed by atoms with Gasteiger partial charge < -0.3 is 10.2 Å². The minimum atomic E-state index is -0.0381. The third kappa shape index (κ3) is 3.09. The van der Waals surface area contributed by atoms with E-state index in [4.69, 9.17) is 0 Å². The number of hydrogen-bond donors (Lipinski definition) is 1. The van der Waals surface area contributed by atoms with Crippen molar-refractivity contribution < 1.29 is 9.59 Å². The molecule has 0 aromatic heterocycles. The van der Waals surface area contributed by atoms with E-state index < -0.39 is 0 Å². The second-order valence-electron chi connectivity index (χ2n) is 6.32. The predicted molar refractivity (Wildman–Crippen MR) is 81.1 cm³/mol. The molecule has 1 aromatic rings. The molecule has 1 saturated heterocycles. The molecule has 21 heavy (non-hydrogen) atoms. The first kappa shape index (κ1) is 14.1. The number of likely N-dealkylation sites (tertiary alicyclic amines) is 1. The quantitative estimate of drug-likeness (QED) is 0.924. The van der Waals surface area contributed by atoms with Gasteiger partial charge in [-0.15, -0.1) is 0 Å². The Balaban J connectivity index is 1.58. The van der Waals surface area contributed by atoms with Crippen molar-refractivity contribution in [3.8, 4) is 0 Å². The highest BCUT2D eigenvalue weighted by molar-refractivity contribution is 5.94. The van der Waals surface area contributed by atoms with E-state index in [0.717, 1.165) is 31.4 Å². The zero-order chi connectivity index (χ0) is 15.0. The van der Waals surface area contributed by atoms with Gasteiger partial charge in [-0.05, 0) is 56.4 Å².